The van der Waals surface area contributed by atoms with Crippen LogP contribution in [0.4, 0.5) is 10.2 Å². The second-order valence-corrected chi connectivity index (χ2v) is 6.16. The molecule has 3 aromatic rings. The molecule has 3 rings (SSSR count). The first-order valence-electron chi connectivity index (χ1n) is 8.49. The van der Waals surface area contributed by atoms with Crippen molar-refractivity contribution >= 4 is 5.82 Å². The van der Waals surface area contributed by atoms with Crippen LogP contribution in [-0.4, -0.2) is 28.3 Å². The van der Waals surface area contributed by atoms with Crippen LogP contribution in [0.25, 0.3) is 22.4 Å². The van der Waals surface area contributed by atoms with Gasteiger partial charge in [-0.2, -0.15) is 0 Å². The molecule has 0 saturated carbocycles. The van der Waals surface area contributed by atoms with E-state index in [0.717, 1.165) is 16.7 Å². The highest BCUT2D eigenvalue weighted by Gasteiger charge is 2.11. The third-order valence-electron chi connectivity index (χ3n) is 4.05. The molecule has 0 unspecified atom stereocenters. The van der Waals surface area contributed by atoms with E-state index in [4.69, 9.17) is 5.11 Å². The van der Waals surface area contributed by atoms with E-state index >= 15 is 0 Å². The maximum atomic E-state index is 13.6. The number of phenols is 1. The summed E-state index contributed by atoms with van der Waals surface area (Å²) in [5.41, 5.74) is 3.74. The standard InChI is InChI=1S/C21H21FN2O2/c1-14-6-7-20(26)18(10-14)19-12-16(15-4-2-5-17(22)11-15)13-21(24-19)23-8-3-9-25/h2,4-7,10-13,25-26H,3,8-9H2,1H3,(H,23,24). The van der Waals surface area contributed by atoms with Crippen molar-refractivity contribution in [1.29, 1.82) is 0 Å². The van der Waals surface area contributed by atoms with Crippen LogP contribution in [0.15, 0.2) is 54.6 Å². The Kier molecular flexibility index (Phi) is 5.49. The number of benzene rings is 2. The number of pyridine rings is 1. The highest BCUT2D eigenvalue weighted by molar-refractivity contribution is 5.76. The zero-order valence-corrected chi connectivity index (χ0v) is 14.5. The molecule has 2 aromatic carbocycles. The minimum Gasteiger partial charge on any atom is -0.507 e. The van der Waals surface area contributed by atoms with Crippen LogP contribution in [-0.2, 0) is 0 Å². The summed E-state index contributed by atoms with van der Waals surface area (Å²) in [6, 6.07) is 15.4. The lowest BCUT2D eigenvalue weighted by Crippen LogP contribution is -2.05. The second kappa shape index (κ2) is 7.97. The Morgan fingerprint density at radius 1 is 1.04 bits per heavy atom. The molecule has 5 heteroatoms. The number of hydrogen-bond donors (Lipinski definition) is 3. The summed E-state index contributed by atoms with van der Waals surface area (Å²) in [4.78, 5) is 4.58. The SMILES string of the molecule is Cc1ccc(O)c(-c2cc(-c3cccc(F)c3)cc(NCCCO)n2)c1. The van der Waals surface area contributed by atoms with Crippen molar-refractivity contribution in [2.75, 3.05) is 18.5 Å². The van der Waals surface area contributed by atoms with Crippen molar-refractivity contribution in [1.82, 2.24) is 4.98 Å². The van der Waals surface area contributed by atoms with Gasteiger partial charge in [0.1, 0.15) is 17.4 Å². The van der Waals surface area contributed by atoms with Crippen molar-refractivity contribution in [2.24, 2.45) is 0 Å². The summed E-state index contributed by atoms with van der Waals surface area (Å²) in [6.45, 7) is 2.59. The first-order chi connectivity index (χ1) is 12.6. The van der Waals surface area contributed by atoms with E-state index in [9.17, 15) is 9.50 Å². The molecule has 0 aliphatic carbocycles. The van der Waals surface area contributed by atoms with Gasteiger partial charge in [0.15, 0.2) is 0 Å². The molecule has 26 heavy (non-hydrogen) atoms. The summed E-state index contributed by atoms with van der Waals surface area (Å²) in [6.07, 6.45) is 0.594. The highest BCUT2D eigenvalue weighted by Crippen LogP contribution is 2.33. The number of rotatable bonds is 6. The number of aliphatic hydroxyl groups is 1. The molecule has 1 aromatic heterocycles. The fraction of sp³-hybridized carbons (Fsp3) is 0.190. The van der Waals surface area contributed by atoms with Gasteiger partial charge < -0.3 is 15.5 Å². The predicted octanol–water partition coefficient (Wildman–Crippen LogP) is 4.36. The average molecular weight is 352 g/mol. The third kappa shape index (κ3) is 4.18. The molecule has 1 heterocycles. The fourth-order valence-electron chi connectivity index (χ4n) is 2.74. The molecule has 0 bridgehead atoms. The van der Waals surface area contributed by atoms with Gasteiger partial charge in [0, 0.05) is 18.7 Å². The van der Waals surface area contributed by atoms with Crippen molar-refractivity contribution in [3.05, 3.63) is 66.0 Å². The van der Waals surface area contributed by atoms with E-state index in [1.165, 1.54) is 12.1 Å². The van der Waals surface area contributed by atoms with E-state index in [0.29, 0.717) is 30.0 Å². The Labute approximate surface area is 152 Å². The van der Waals surface area contributed by atoms with Gasteiger partial charge in [0.25, 0.3) is 0 Å². The maximum absolute atomic E-state index is 13.6. The minimum atomic E-state index is -0.311. The van der Waals surface area contributed by atoms with Crippen molar-refractivity contribution in [3.63, 3.8) is 0 Å². The zero-order valence-electron chi connectivity index (χ0n) is 14.5. The van der Waals surface area contributed by atoms with Gasteiger partial charge in [-0.05, 0) is 60.9 Å². The Bertz CT molecular complexity index is 912. The summed E-state index contributed by atoms with van der Waals surface area (Å²) in [7, 11) is 0. The number of aromatic nitrogens is 1. The van der Waals surface area contributed by atoms with Gasteiger partial charge >= 0.3 is 0 Å². The number of phenolic OH excluding ortho intramolecular Hbond substituents is 1. The van der Waals surface area contributed by atoms with Gasteiger partial charge in [-0.15, -0.1) is 0 Å². The van der Waals surface area contributed by atoms with Crippen molar-refractivity contribution in [2.45, 2.75) is 13.3 Å². The normalized spacial score (nSPS) is 10.7. The molecule has 0 radical (unpaired) electrons. The Balaban J connectivity index is 2.09. The molecule has 3 N–H and O–H groups in total. The van der Waals surface area contributed by atoms with E-state index in [1.807, 2.05) is 37.3 Å². The van der Waals surface area contributed by atoms with Crippen LogP contribution in [0.5, 0.6) is 5.75 Å². The smallest absolute Gasteiger partial charge is 0.127 e. The van der Waals surface area contributed by atoms with Crippen LogP contribution in [0.2, 0.25) is 0 Å². The lowest BCUT2D eigenvalue weighted by atomic mass is 10.0. The number of hydrogen-bond acceptors (Lipinski definition) is 4. The number of aryl methyl sites for hydroxylation is 1. The van der Waals surface area contributed by atoms with Crippen LogP contribution in [0.1, 0.15) is 12.0 Å². The first-order valence-corrected chi connectivity index (χ1v) is 8.49. The Morgan fingerprint density at radius 3 is 2.65 bits per heavy atom. The van der Waals surface area contributed by atoms with Crippen molar-refractivity contribution in [3.8, 4) is 28.1 Å². The average Bonchev–Trinajstić information content (AvgIpc) is 2.64. The van der Waals surface area contributed by atoms with E-state index in [-0.39, 0.29) is 18.2 Å². The van der Waals surface area contributed by atoms with E-state index in [1.54, 1.807) is 12.1 Å². The quantitative estimate of drug-likeness (QED) is 0.577. The number of nitrogens with one attached hydrogen (secondary N) is 1. The molecule has 0 saturated heterocycles. The van der Waals surface area contributed by atoms with E-state index in [2.05, 4.69) is 10.3 Å². The number of halogens is 1. The van der Waals surface area contributed by atoms with Gasteiger partial charge in [-0.3, -0.25) is 0 Å². The zero-order chi connectivity index (χ0) is 18.5. The molecular formula is C21H21FN2O2. The molecule has 134 valence electrons. The predicted molar refractivity (Wildman–Crippen MR) is 102 cm³/mol. The number of nitrogens with zero attached hydrogens (tertiary/aromatic N) is 1. The molecule has 0 fully saturated rings. The Morgan fingerprint density at radius 2 is 1.88 bits per heavy atom. The largest absolute Gasteiger partial charge is 0.507 e. The molecule has 0 aliphatic heterocycles. The molecule has 0 spiro atoms. The van der Waals surface area contributed by atoms with Crippen LogP contribution in [0, 0.1) is 12.7 Å². The Hall–Kier alpha value is -2.92. The lowest BCUT2D eigenvalue weighted by Gasteiger charge is -2.12. The monoisotopic (exact) mass is 352 g/mol. The van der Waals surface area contributed by atoms with Crippen LogP contribution in [0.3, 0.4) is 0 Å². The van der Waals surface area contributed by atoms with Crippen LogP contribution < -0.4 is 5.32 Å². The van der Waals surface area contributed by atoms with Gasteiger partial charge in [0.2, 0.25) is 0 Å². The summed E-state index contributed by atoms with van der Waals surface area (Å²) in [5.74, 6) is 0.436. The molecule has 0 amide bonds. The number of anilines is 1. The molecular weight excluding hydrogens is 331 g/mol. The molecule has 4 nitrogen and oxygen atoms in total. The summed E-state index contributed by atoms with van der Waals surface area (Å²) < 4.78 is 13.6. The summed E-state index contributed by atoms with van der Waals surface area (Å²) >= 11 is 0. The molecule has 0 aliphatic rings. The van der Waals surface area contributed by atoms with Crippen LogP contribution >= 0.6 is 0 Å². The first kappa shape index (κ1) is 17.9. The van der Waals surface area contributed by atoms with Gasteiger partial charge in [-0.1, -0.05) is 23.8 Å². The third-order valence-corrected chi connectivity index (χ3v) is 4.05. The molecule has 0 atom stereocenters. The topological polar surface area (TPSA) is 65.4 Å². The fourth-order valence-corrected chi connectivity index (χ4v) is 2.74. The van der Waals surface area contributed by atoms with Gasteiger partial charge in [-0.25, -0.2) is 9.37 Å². The van der Waals surface area contributed by atoms with Gasteiger partial charge in [0.05, 0.1) is 5.69 Å². The lowest BCUT2D eigenvalue weighted by molar-refractivity contribution is 0.292. The highest BCUT2D eigenvalue weighted by atomic mass is 19.1. The maximum Gasteiger partial charge on any atom is 0.127 e. The number of aliphatic hydroxyl groups excluding tert-OH is 1. The summed E-state index contributed by atoms with van der Waals surface area (Å²) in [5, 5.41) is 22.4. The van der Waals surface area contributed by atoms with Crippen molar-refractivity contribution < 1.29 is 14.6 Å². The minimum absolute atomic E-state index is 0.0854. The number of aromatic hydroxyl groups is 1. The van der Waals surface area contributed by atoms with E-state index < -0.39 is 0 Å². The second-order valence-electron chi connectivity index (χ2n) is 6.16.